The van der Waals surface area contributed by atoms with Crippen LogP contribution in [0.2, 0.25) is 0 Å². The van der Waals surface area contributed by atoms with Gasteiger partial charge in [0.1, 0.15) is 6.33 Å². The predicted molar refractivity (Wildman–Crippen MR) is 106 cm³/mol. The van der Waals surface area contributed by atoms with E-state index in [-0.39, 0.29) is 17.4 Å². The van der Waals surface area contributed by atoms with Gasteiger partial charge >= 0.3 is 5.69 Å². The van der Waals surface area contributed by atoms with Gasteiger partial charge in [0, 0.05) is 16.8 Å². The van der Waals surface area contributed by atoms with E-state index < -0.39 is 16.5 Å². The Hall–Kier alpha value is -4.34. The number of nitrogens with one attached hydrogen (secondary N) is 3. The van der Waals surface area contributed by atoms with Crippen molar-refractivity contribution >= 4 is 34.7 Å². The fourth-order valence-electron chi connectivity index (χ4n) is 2.44. The molecule has 3 N–H and O–H groups in total. The summed E-state index contributed by atoms with van der Waals surface area (Å²) >= 11 is 0. The van der Waals surface area contributed by atoms with Crippen molar-refractivity contribution in [2.45, 2.75) is 6.92 Å². The number of aromatic nitrogens is 2. The molecule has 0 fully saturated rings. The smallest absolute Gasteiger partial charge is 0.334 e. The van der Waals surface area contributed by atoms with Crippen molar-refractivity contribution in [3.05, 3.63) is 82.2 Å². The highest BCUT2D eigenvalue weighted by Crippen LogP contribution is 2.30. The molecule has 0 spiro atoms. The Kier molecular flexibility index (Phi) is 5.74. The number of ketones is 1. The van der Waals surface area contributed by atoms with E-state index in [0.29, 0.717) is 16.8 Å². The second-order valence-electron chi connectivity index (χ2n) is 5.88. The highest BCUT2D eigenvalue weighted by atomic mass is 16.6. The van der Waals surface area contributed by atoms with E-state index in [1.807, 2.05) is 0 Å². The highest BCUT2D eigenvalue weighted by Gasteiger charge is 2.23. The van der Waals surface area contributed by atoms with Crippen LogP contribution in [0.3, 0.4) is 0 Å². The highest BCUT2D eigenvalue weighted by molar-refractivity contribution is 5.95. The van der Waals surface area contributed by atoms with E-state index in [1.54, 1.807) is 54.6 Å². The van der Waals surface area contributed by atoms with Gasteiger partial charge in [0.15, 0.2) is 5.78 Å². The lowest BCUT2D eigenvalue weighted by atomic mass is 10.1. The average Bonchev–Trinajstić information content (AvgIpc) is 2.73. The van der Waals surface area contributed by atoms with Crippen LogP contribution >= 0.6 is 0 Å². The Morgan fingerprint density at radius 1 is 0.931 bits per heavy atom. The summed E-state index contributed by atoms with van der Waals surface area (Å²) < 4.78 is 0. The molecule has 3 aromatic rings. The van der Waals surface area contributed by atoms with Gasteiger partial charge < -0.3 is 5.32 Å². The second-order valence-corrected chi connectivity index (χ2v) is 5.88. The van der Waals surface area contributed by atoms with Gasteiger partial charge in [0.25, 0.3) is 5.91 Å². The van der Waals surface area contributed by atoms with Gasteiger partial charge in [-0.25, -0.2) is 9.97 Å². The number of rotatable bonds is 7. The van der Waals surface area contributed by atoms with Crippen molar-refractivity contribution in [2.75, 3.05) is 10.7 Å². The summed E-state index contributed by atoms with van der Waals surface area (Å²) in [6.07, 6.45) is 1.12. The molecule has 146 valence electrons. The largest absolute Gasteiger partial charge is 0.355 e. The fourth-order valence-corrected chi connectivity index (χ4v) is 2.44. The minimum absolute atomic E-state index is 0.0722. The first kappa shape index (κ1) is 19.4. The van der Waals surface area contributed by atoms with E-state index in [4.69, 9.17) is 0 Å². The van der Waals surface area contributed by atoms with E-state index in [9.17, 15) is 19.7 Å². The lowest BCUT2D eigenvalue weighted by Gasteiger charge is -2.11. The summed E-state index contributed by atoms with van der Waals surface area (Å²) in [5.41, 5.74) is 5.78. The first-order valence-corrected chi connectivity index (χ1v) is 8.44. The molecule has 0 saturated carbocycles. The van der Waals surface area contributed by atoms with Crippen LogP contribution in [0.15, 0.2) is 60.9 Å². The van der Waals surface area contributed by atoms with Crippen molar-refractivity contribution in [1.29, 1.82) is 0 Å². The number of amides is 1. The summed E-state index contributed by atoms with van der Waals surface area (Å²) in [4.78, 5) is 42.2. The van der Waals surface area contributed by atoms with Crippen LogP contribution in [-0.4, -0.2) is 26.6 Å². The Morgan fingerprint density at radius 3 is 2.21 bits per heavy atom. The number of anilines is 3. The monoisotopic (exact) mass is 392 g/mol. The molecule has 0 aliphatic carbocycles. The fraction of sp³-hybridized carbons (Fsp3) is 0.0526. The first-order valence-electron chi connectivity index (χ1n) is 8.44. The molecule has 0 aliphatic rings. The number of nitrogens with zero attached hydrogens (tertiary/aromatic N) is 3. The molecule has 10 heteroatoms. The first-order chi connectivity index (χ1) is 14.0. The topological polar surface area (TPSA) is 139 Å². The number of hydrogen-bond acceptors (Lipinski definition) is 8. The summed E-state index contributed by atoms with van der Waals surface area (Å²) in [6, 6.07) is 14.8. The third kappa shape index (κ3) is 4.69. The number of nitro groups is 1. The van der Waals surface area contributed by atoms with Crippen molar-refractivity contribution in [3.8, 4) is 0 Å². The maximum atomic E-state index is 12.1. The maximum Gasteiger partial charge on any atom is 0.355 e. The lowest BCUT2D eigenvalue weighted by molar-refractivity contribution is -0.383. The summed E-state index contributed by atoms with van der Waals surface area (Å²) in [7, 11) is 0. The predicted octanol–water partition coefficient (Wildman–Crippen LogP) is 3.09. The van der Waals surface area contributed by atoms with Crippen molar-refractivity contribution in [1.82, 2.24) is 15.4 Å². The average molecular weight is 392 g/mol. The van der Waals surface area contributed by atoms with E-state index in [1.165, 1.54) is 6.92 Å². The summed E-state index contributed by atoms with van der Waals surface area (Å²) in [5, 5.41) is 14.4. The molecule has 0 saturated heterocycles. The van der Waals surface area contributed by atoms with Crippen LogP contribution in [0.5, 0.6) is 0 Å². The van der Waals surface area contributed by atoms with Crippen molar-refractivity contribution < 1.29 is 14.5 Å². The van der Waals surface area contributed by atoms with Gasteiger partial charge in [-0.05, 0) is 43.3 Å². The zero-order valence-corrected chi connectivity index (χ0v) is 15.2. The third-order valence-corrected chi connectivity index (χ3v) is 3.89. The molecule has 0 radical (unpaired) electrons. The van der Waals surface area contributed by atoms with Crippen LogP contribution in [0.4, 0.5) is 23.0 Å². The van der Waals surface area contributed by atoms with Gasteiger partial charge in [0.05, 0.1) is 4.92 Å². The van der Waals surface area contributed by atoms with Gasteiger partial charge in [-0.15, -0.1) is 0 Å². The summed E-state index contributed by atoms with van der Waals surface area (Å²) in [6.45, 7) is 1.44. The van der Waals surface area contributed by atoms with E-state index >= 15 is 0 Å². The normalized spacial score (nSPS) is 10.1. The number of benzene rings is 2. The molecular formula is C19H16N6O4. The van der Waals surface area contributed by atoms with E-state index in [2.05, 4.69) is 26.1 Å². The zero-order valence-electron chi connectivity index (χ0n) is 15.2. The van der Waals surface area contributed by atoms with Gasteiger partial charge in [-0.1, -0.05) is 18.2 Å². The Morgan fingerprint density at radius 2 is 1.59 bits per heavy atom. The second kappa shape index (κ2) is 8.57. The summed E-state index contributed by atoms with van der Waals surface area (Å²) in [5.74, 6) is -0.827. The lowest BCUT2D eigenvalue weighted by Crippen LogP contribution is -2.30. The third-order valence-electron chi connectivity index (χ3n) is 3.89. The van der Waals surface area contributed by atoms with Crippen molar-refractivity contribution in [2.24, 2.45) is 0 Å². The molecule has 10 nitrogen and oxygen atoms in total. The molecule has 2 aromatic carbocycles. The minimum Gasteiger partial charge on any atom is -0.334 e. The van der Waals surface area contributed by atoms with Crippen LogP contribution in [0.1, 0.15) is 27.6 Å². The van der Waals surface area contributed by atoms with Crippen LogP contribution < -0.4 is 16.2 Å². The van der Waals surface area contributed by atoms with Crippen LogP contribution in [0, 0.1) is 10.1 Å². The minimum atomic E-state index is -0.663. The van der Waals surface area contributed by atoms with Crippen molar-refractivity contribution in [3.63, 3.8) is 0 Å². The number of hydrogen-bond donors (Lipinski definition) is 3. The molecule has 0 bridgehead atoms. The maximum absolute atomic E-state index is 12.1. The molecule has 0 aliphatic heterocycles. The number of Topliss-reactive ketones (excluding diaryl/α,β-unsaturated/α-hetero) is 1. The van der Waals surface area contributed by atoms with E-state index in [0.717, 1.165) is 6.33 Å². The van der Waals surface area contributed by atoms with Gasteiger partial charge in [0.2, 0.25) is 11.6 Å². The molecule has 1 aromatic heterocycles. The van der Waals surface area contributed by atoms with Gasteiger partial charge in [-0.3, -0.25) is 30.6 Å². The number of carbonyl (C=O) groups excluding carboxylic acids is 2. The molecular weight excluding hydrogens is 376 g/mol. The molecule has 1 heterocycles. The SMILES string of the molecule is CC(=O)c1ccc(Nc2ncnc(NNC(=O)c3ccccc3)c2[N+](=O)[O-])cc1. The number of hydrazine groups is 1. The zero-order chi connectivity index (χ0) is 20.8. The molecule has 0 unspecified atom stereocenters. The number of carbonyl (C=O) groups is 2. The van der Waals surface area contributed by atoms with Crippen LogP contribution in [-0.2, 0) is 0 Å². The van der Waals surface area contributed by atoms with Gasteiger partial charge in [-0.2, -0.15) is 0 Å². The molecule has 1 amide bonds. The molecule has 0 atom stereocenters. The standard InChI is InChI=1S/C19H16N6O4/c1-12(26)13-7-9-15(10-8-13)22-17-16(25(28)29)18(21-11-20-17)23-24-19(27)14-5-3-2-4-6-14/h2-11H,1H3,(H,24,27)(H2,20,21,22,23). The Bertz CT molecular complexity index is 1050. The quantitative estimate of drug-likeness (QED) is 0.317. The molecule has 3 rings (SSSR count). The Balaban J connectivity index is 1.81. The Labute approximate surface area is 165 Å². The molecule has 29 heavy (non-hydrogen) atoms. The van der Waals surface area contributed by atoms with Crippen LogP contribution in [0.25, 0.3) is 0 Å².